The van der Waals surface area contributed by atoms with Crippen molar-refractivity contribution >= 4 is 29.1 Å². The Bertz CT molecular complexity index is 693. The summed E-state index contributed by atoms with van der Waals surface area (Å²) in [5.41, 5.74) is 1.13. The maximum Gasteiger partial charge on any atom is 0.161 e. The smallest absolute Gasteiger partial charge is 0.161 e. The molecule has 0 aromatic rings. The Labute approximate surface area is 144 Å². The Morgan fingerprint density at radius 1 is 1.26 bits per heavy atom. The maximum absolute atomic E-state index is 15.9. The lowest BCUT2D eigenvalue weighted by molar-refractivity contribution is -0.117. The minimum atomic E-state index is -1.60. The second-order valence-corrected chi connectivity index (χ2v) is 8.22. The van der Waals surface area contributed by atoms with E-state index in [1.807, 2.05) is 0 Å². The molecule has 2 aliphatic carbocycles. The van der Waals surface area contributed by atoms with E-state index in [0.717, 1.165) is 47.7 Å². The molecule has 0 aromatic heterocycles. The monoisotopic (exact) mass is 351 g/mol. The van der Waals surface area contributed by atoms with Gasteiger partial charge in [0, 0.05) is 39.7 Å². The van der Waals surface area contributed by atoms with Crippen LogP contribution in [0.2, 0.25) is 0 Å². The molecule has 2 unspecified atom stereocenters. The SMILES string of the molecule is O=C1CCCC2=C1C(C1(F)C=CC=C(Cl)C1)C1=C(CCCS1)N2. The zero-order chi connectivity index (χ0) is 16.0. The normalized spacial score (nSPS) is 33.9. The predicted molar refractivity (Wildman–Crippen MR) is 92.8 cm³/mol. The van der Waals surface area contributed by atoms with E-state index in [1.54, 1.807) is 30.0 Å². The number of ketones is 1. The Hall–Kier alpha value is -1.00. The van der Waals surface area contributed by atoms with Gasteiger partial charge in [0.2, 0.25) is 0 Å². The molecule has 0 radical (unpaired) electrons. The molecular formula is C18H19ClFNOS. The highest BCUT2D eigenvalue weighted by Gasteiger charge is 2.49. The van der Waals surface area contributed by atoms with Gasteiger partial charge in [0.05, 0.1) is 5.92 Å². The molecule has 0 spiro atoms. The summed E-state index contributed by atoms with van der Waals surface area (Å²) in [6.45, 7) is 0. The van der Waals surface area contributed by atoms with E-state index in [-0.39, 0.29) is 12.2 Å². The quantitative estimate of drug-likeness (QED) is 0.739. The first-order valence-corrected chi connectivity index (χ1v) is 9.57. The van der Waals surface area contributed by atoms with Crippen molar-refractivity contribution < 1.29 is 9.18 Å². The standard InChI is InChI=1S/C18H19ClFNOS/c19-11-4-2-8-18(20,10-11)16-15-12(5-1-7-14(15)22)21-13-6-3-9-23-17(13)16/h2,4,8,16,21H,1,3,5-7,9-10H2. The molecule has 5 heteroatoms. The summed E-state index contributed by atoms with van der Waals surface area (Å²) in [6.07, 6.45) is 9.41. The summed E-state index contributed by atoms with van der Waals surface area (Å²) < 4.78 is 15.9. The van der Waals surface area contributed by atoms with Crippen LogP contribution in [0.4, 0.5) is 4.39 Å². The van der Waals surface area contributed by atoms with E-state index in [2.05, 4.69) is 5.32 Å². The van der Waals surface area contributed by atoms with Gasteiger partial charge in [-0.1, -0.05) is 17.7 Å². The van der Waals surface area contributed by atoms with Gasteiger partial charge < -0.3 is 5.32 Å². The van der Waals surface area contributed by atoms with Crippen LogP contribution in [-0.4, -0.2) is 17.2 Å². The molecule has 2 aliphatic heterocycles. The van der Waals surface area contributed by atoms with Gasteiger partial charge >= 0.3 is 0 Å². The molecule has 0 saturated carbocycles. The second kappa shape index (κ2) is 5.82. The fourth-order valence-electron chi connectivity index (χ4n) is 4.01. The van der Waals surface area contributed by atoms with E-state index >= 15 is 4.39 Å². The number of carbonyl (C=O) groups is 1. The molecule has 4 aliphatic rings. The van der Waals surface area contributed by atoms with Crippen LogP contribution in [0.1, 0.15) is 38.5 Å². The highest BCUT2D eigenvalue weighted by atomic mass is 35.5. The summed E-state index contributed by atoms with van der Waals surface area (Å²) in [6, 6.07) is 0. The fraction of sp³-hybridized carbons (Fsp3) is 0.500. The van der Waals surface area contributed by atoms with E-state index < -0.39 is 11.6 Å². The average Bonchev–Trinajstić information content (AvgIpc) is 2.53. The number of Topliss-reactive ketones (excluding diaryl/α,β-unsaturated/α-hetero) is 1. The van der Waals surface area contributed by atoms with Crippen LogP contribution in [0.3, 0.4) is 0 Å². The van der Waals surface area contributed by atoms with Crippen molar-refractivity contribution in [3.8, 4) is 0 Å². The third kappa shape index (κ3) is 2.60. The number of alkyl halides is 1. The van der Waals surface area contributed by atoms with E-state index in [9.17, 15) is 4.79 Å². The molecule has 0 bridgehead atoms. The van der Waals surface area contributed by atoms with Gasteiger partial charge in [0.15, 0.2) is 5.78 Å². The molecule has 0 aromatic carbocycles. The molecule has 2 atom stereocenters. The Morgan fingerprint density at radius 3 is 2.91 bits per heavy atom. The van der Waals surface area contributed by atoms with Crippen LogP contribution in [0.5, 0.6) is 0 Å². The van der Waals surface area contributed by atoms with Gasteiger partial charge in [-0.25, -0.2) is 4.39 Å². The van der Waals surface area contributed by atoms with Gasteiger partial charge in [0.25, 0.3) is 0 Å². The average molecular weight is 352 g/mol. The van der Waals surface area contributed by atoms with Crippen molar-refractivity contribution in [2.45, 2.75) is 44.2 Å². The number of nitrogens with one attached hydrogen (secondary N) is 1. The first kappa shape index (κ1) is 15.5. The Morgan fingerprint density at radius 2 is 2.09 bits per heavy atom. The van der Waals surface area contributed by atoms with Crippen molar-refractivity contribution in [2.75, 3.05) is 5.75 Å². The molecule has 122 valence electrons. The summed E-state index contributed by atoms with van der Waals surface area (Å²) in [5, 5.41) is 3.98. The van der Waals surface area contributed by atoms with Gasteiger partial charge in [-0.2, -0.15) is 0 Å². The lowest BCUT2D eigenvalue weighted by Crippen LogP contribution is -2.43. The molecule has 2 heterocycles. The minimum Gasteiger partial charge on any atom is -0.361 e. The van der Waals surface area contributed by atoms with Crippen LogP contribution in [0.15, 0.2) is 45.1 Å². The van der Waals surface area contributed by atoms with Crippen molar-refractivity contribution in [1.82, 2.24) is 5.32 Å². The van der Waals surface area contributed by atoms with Gasteiger partial charge in [-0.3, -0.25) is 4.79 Å². The maximum atomic E-state index is 15.9. The van der Waals surface area contributed by atoms with E-state index in [4.69, 9.17) is 11.6 Å². The second-order valence-electron chi connectivity index (χ2n) is 6.60. The van der Waals surface area contributed by atoms with Gasteiger partial charge in [0.1, 0.15) is 5.67 Å². The number of rotatable bonds is 1. The van der Waals surface area contributed by atoms with Crippen molar-refractivity contribution in [3.63, 3.8) is 0 Å². The number of allylic oxidation sites excluding steroid dienone is 8. The van der Waals surface area contributed by atoms with Crippen molar-refractivity contribution in [1.29, 1.82) is 0 Å². The van der Waals surface area contributed by atoms with Crippen LogP contribution in [-0.2, 0) is 4.79 Å². The number of thioether (sulfide) groups is 1. The van der Waals surface area contributed by atoms with Crippen molar-refractivity contribution in [3.05, 3.63) is 45.1 Å². The number of hydrogen-bond donors (Lipinski definition) is 1. The molecule has 0 saturated heterocycles. The highest BCUT2D eigenvalue weighted by molar-refractivity contribution is 8.03. The molecule has 0 amide bonds. The molecule has 23 heavy (non-hydrogen) atoms. The molecule has 0 fully saturated rings. The number of dihydropyridines is 1. The molecule has 1 N–H and O–H groups in total. The lowest BCUT2D eigenvalue weighted by Gasteiger charge is -2.43. The third-order valence-electron chi connectivity index (χ3n) is 5.00. The van der Waals surface area contributed by atoms with Crippen LogP contribution in [0, 0.1) is 5.92 Å². The Balaban J connectivity index is 1.84. The van der Waals surface area contributed by atoms with Crippen LogP contribution in [0.25, 0.3) is 0 Å². The largest absolute Gasteiger partial charge is 0.361 e. The minimum absolute atomic E-state index is 0.0950. The molecule has 2 nitrogen and oxygen atoms in total. The van der Waals surface area contributed by atoms with Crippen LogP contribution < -0.4 is 5.32 Å². The van der Waals surface area contributed by atoms with E-state index in [1.165, 1.54) is 0 Å². The summed E-state index contributed by atoms with van der Waals surface area (Å²) >= 11 is 7.84. The third-order valence-corrected chi connectivity index (χ3v) is 6.55. The summed E-state index contributed by atoms with van der Waals surface area (Å²) in [5.74, 6) is 0.583. The van der Waals surface area contributed by atoms with Gasteiger partial charge in [-0.05, 0) is 43.6 Å². The zero-order valence-electron chi connectivity index (χ0n) is 12.8. The summed E-state index contributed by atoms with van der Waals surface area (Å²) in [7, 11) is 0. The summed E-state index contributed by atoms with van der Waals surface area (Å²) in [4.78, 5) is 13.6. The lowest BCUT2D eigenvalue weighted by atomic mass is 9.72. The molecule has 4 rings (SSSR count). The number of carbonyl (C=O) groups excluding carboxylic acids is 1. The number of hydrogen-bond acceptors (Lipinski definition) is 3. The first-order chi connectivity index (χ1) is 11.1. The fourth-order valence-corrected chi connectivity index (χ4v) is 5.60. The van der Waals surface area contributed by atoms with Crippen molar-refractivity contribution in [2.24, 2.45) is 5.92 Å². The first-order valence-electron chi connectivity index (χ1n) is 8.20. The highest BCUT2D eigenvalue weighted by Crippen LogP contribution is 2.52. The molecular weight excluding hydrogens is 333 g/mol. The van der Waals surface area contributed by atoms with Crippen LogP contribution >= 0.6 is 23.4 Å². The predicted octanol–water partition coefficient (Wildman–Crippen LogP) is 4.74. The van der Waals surface area contributed by atoms with E-state index in [0.29, 0.717) is 17.0 Å². The zero-order valence-corrected chi connectivity index (χ0v) is 14.4. The number of halogens is 2. The Kier molecular flexibility index (Phi) is 3.93. The topological polar surface area (TPSA) is 29.1 Å². The van der Waals surface area contributed by atoms with Gasteiger partial charge in [-0.15, -0.1) is 11.8 Å².